The molecule has 0 amide bonds. The average molecular weight is 259 g/mol. The first-order chi connectivity index (χ1) is 8.84. The quantitative estimate of drug-likeness (QED) is 0.719. The number of carboxylic acids is 2. The second kappa shape index (κ2) is 4.28. The van der Waals surface area contributed by atoms with Gasteiger partial charge in [0.15, 0.2) is 0 Å². The van der Waals surface area contributed by atoms with Gasteiger partial charge in [-0.2, -0.15) is 0 Å². The number of nitrogens with two attached hydrogens (primary N) is 1. The minimum Gasteiger partial charge on any atom is -0.478 e. The van der Waals surface area contributed by atoms with E-state index < -0.39 is 11.9 Å². The molecule has 2 aromatic carbocycles. The van der Waals surface area contributed by atoms with E-state index in [4.69, 9.17) is 5.73 Å². The molecule has 0 saturated heterocycles. The van der Waals surface area contributed by atoms with Crippen molar-refractivity contribution in [3.05, 3.63) is 40.5 Å². The average Bonchev–Trinajstić information content (AvgIpc) is 2.32. The first kappa shape index (κ1) is 12.9. The Balaban J connectivity index is 3.10. The monoisotopic (exact) mass is 259 g/mol. The van der Waals surface area contributed by atoms with Crippen LogP contribution in [-0.4, -0.2) is 22.2 Å². The molecule has 0 radical (unpaired) electrons. The van der Waals surface area contributed by atoms with E-state index in [0.29, 0.717) is 22.0 Å². The Kier molecular flexibility index (Phi) is 2.90. The fourth-order valence-electron chi connectivity index (χ4n) is 2.30. The van der Waals surface area contributed by atoms with Gasteiger partial charge in [-0.25, -0.2) is 9.59 Å². The lowest BCUT2D eigenvalue weighted by Gasteiger charge is -2.14. The van der Waals surface area contributed by atoms with Gasteiger partial charge in [0, 0.05) is 5.69 Å². The smallest absolute Gasteiger partial charge is 0.337 e. The molecule has 19 heavy (non-hydrogen) atoms. The first-order valence-corrected chi connectivity index (χ1v) is 5.63. The molecule has 5 nitrogen and oxygen atoms in total. The van der Waals surface area contributed by atoms with Crippen molar-refractivity contribution < 1.29 is 19.8 Å². The predicted octanol–water partition coefficient (Wildman–Crippen LogP) is 2.44. The highest BCUT2D eigenvalue weighted by Crippen LogP contribution is 2.31. The molecule has 0 bridgehead atoms. The maximum Gasteiger partial charge on any atom is 0.337 e. The topological polar surface area (TPSA) is 101 Å². The van der Waals surface area contributed by atoms with Gasteiger partial charge in [-0.05, 0) is 47.9 Å². The third kappa shape index (κ3) is 1.89. The van der Waals surface area contributed by atoms with Crippen molar-refractivity contribution in [2.75, 3.05) is 5.73 Å². The molecule has 0 aromatic heterocycles. The van der Waals surface area contributed by atoms with Crippen LogP contribution in [0.2, 0.25) is 0 Å². The number of carboxylic acid groups (broad SMARTS) is 2. The van der Waals surface area contributed by atoms with Crippen molar-refractivity contribution in [1.29, 1.82) is 0 Å². The van der Waals surface area contributed by atoms with Gasteiger partial charge < -0.3 is 15.9 Å². The first-order valence-electron chi connectivity index (χ1n) is 5.63. The molecular weight excluding hydrogens is 246 g/mol. The van der Waals surface area contributed by atoms with Crippen LogP contribution in [0.3, 0.4) is 0 Å². The van der Waals surface area contributed by atoms with Crippen LogP contribution in [0.1, 0.15) is 31.8 Å². The molecule has 0 saturated carbocycles. The Bertz CT molecular complexity index is 719. The van der Waals surface area contributed by atoms with E-state index in [2.05, 4.69) is 0 Å². The van der Waals surface area contributed by atoms with Crippen molar-refractivity contribution >= 4 is 28.4 Å². The summed E-state index contributed by atoms with van der Waals surface area (Å²) in [6.07, 6.45) is 0. The molecule has 4 N–H and O–H groups in total. The number of hydrogen-bond donors (Lipinski definition) is 3. The maximum atomic E-state index is 11.4. The van der Waals surface area contributed by atoms with E-state index in [9.17, 15) is 19.8 Å². The molecule has 0 heterocycles. The minimum absolute atomic E-state index is 0.178. The van der Waals surface area contributed by atoms with Crippen LogP contribution in [0.25, 0.3) is 10.8 Å². The maximum absolute atomic E-state index is 11.4. The summed E-state index contributed by atoms with van der Waals surface area (Å²) in [4.78, 5) is 22.7. The third-order valence-corrected chi connectivity index (χ3v) is 3.33. The highest BCUT2D eigenvalue weighted by Gasteiger charge is 2.24. The lowest BCUT2D eigenvalue weighted by atomic mass is 9.90. The number of nitrogen functional groups attached to an aromatic ring is 1. The van der Waals surface area contributed by atoms with Gasteiger partial charge in [-0.3, -0.25) is 0 Å². The van der Waals surface area contributed by atoms with E-state index in [-0.39, 0.29) is 11.1 Å². The molecule has 0 fully saturated rings. The van der Waals surface area contributed by atoms with Gasteiger partial charge >= 0.3 is 11.9 Å². The van der Waals surface area contributed by atoms with E-state index in [1.807, 2.05) is 0 Å². The highest BCUT2D eigenvalue weighted by molar-refractivity contribution is 6.14. The van der Waals surface area contributed by atoms with E-state index in [0.717, 1.165) is 5.56 Å². The van der Waals surface area contributed by atoms with Crippen LogP contribution in [0.4, 0.5) is 5.69 Å². The Morgan fingerprint density at radius 3 is 2.05 bits per heavy atom. The van der Waals surface area contributed by atoms with Crippen LogP contribution < -0.4 is 5.73 Å². The van der Waals surface area contributed by atoms with Gasteiger partial charge in [0.2, 0.25) is 0 Å². The molecule has 2 aromatic rings. The molecule has 5 heteroatoms. The number of aromatic carboxylic acids is 2. The fraction of sp³-hybridized carbons (Fsp3) is 0.143. The molecule has 0 aliphatic carbocycles. The number of carbonyl (C=O) groups is 2. The lowest BCUT2D eigenvalue weighted by molar-refractivity contribution is 0.0652. The highest BCUT2D eigenvalue weighted by atomic mass is 16.4. The molecule has 0 aliphatic heterocycles. The van der Waals surface area contributed by atoms with Crippen LogP contribution in [0, 0.1) is 13.8 Å². The Hall–Kier alpha value is -2.56. The zero-order valence-corrected chi connectivity index (χ0v) is 10.5. The summed E-state index contributed by atoms with van der Waals surface area (Å²) in [6, 6.07) is 4.88. The summed E-state index contributed by atoms with van der Waals surface area (Å²) < 4.78 is 0. The zero-order chi connectivity index (χ0) is 14.3. The summed E-state index contributed by atoms with van der Waals surface area (Å²) in [5.41, 5.74) is 6.88. The van der Waals surface area contributed by atoms with Gasteiger partial charge in [0.05, 0.1) is 11.1 Å². The molecule has 0 atom stereocenters. The number of rotatable bonds is 2. The van der Waals surface area contributed by atoms with E-state index in [1.165, 1.54) is 6.07 Å². The normalized spacial score (nSPS) is 10.6. The number of benzene rings is 2. The van der Waals surface area contributed by atoms with Crippen LogP contribution in [-0.2, 0) is 0 Å². The minimum atomic E-state index is -1.27. The largest absolute Gasteiger partial charge is 0.478 e. The molecule has 0 aliphatic rings. The van der Waals surface area contributed by atoms with Gasteiger partial charge in [0.25, 0.3) is 0 Å². The number of hydrogen-bond acceptors (Lipinski definition) is 3. The van der Waals surface area contributed by atoms with Crippen LogP contribution in [0.15, 0.2) is 18.2 Å². The lowest BCUT2D eigenvalue weighted by Crippen LogP contribution is -2.12. The molecular formula is C14H13NO4. The van der Waals surface area contributed by atoms with Crippen molar-refractivity contribution in [3.8, 4) is 0 Å². The van der Waals surface area contributed by atoms with Crippen molar-refractivity contribution in [3.63, 3.8) is 0 Å². The SMILES string of the molecule is Cc1c(C(=O)O)c(C(=O)O)c2cc(N)ccc2c1C. The standard InChI is InChI=1S/C14H13NO4/c1-6-7(2)11(13(16)17)12(14(18)19)10-5-8(15)3-4-9(6)10/h3-5H,15H2,1-2H3,(H,16,17)(H,18,19). The van der Waals surface area contributed by atoms with Gasteiger partial charge in [-0.15, -0.1) is 0 Å². The molecule has 98 valence electrons. The van der Waals surface area contributed by atoms with Crippen LogP contribution in [0.5, 0.6) is 0 Å². The predicted molar refractivity (Wildman–Crippen MR) is 71.8 cm³/mol. The third-order valence-electron chi connectivity index (χ3n) is 3.33. The molecule has 2 rings (SSSR count). The Morgan fingerprint density at radius 1 is 0.947 bits per heavy atom. The summed E-state index contributed by atoms with van der Waals surface area (Å²) in [5.74, 6) is -2.52. The fourth-order valence-corrected chi connectivity index (χ4v) is 2.30. The van der Waals surface area contributed by atoms with Crippen molar-refractivity contribution in [2.24, 2.45) is 0 Å². The molecule has 0 spiro atoms. The van der Waals surface area contributed by atoms with Crippen molar-refractivity contribution in [1.82, 2.24) is 0 Å². The summed E-state index contributed by atoms with van der Waals surface area (Å²) in [6.45, 7) is 3.38. The number of fused-ring (bicyclic) bond motifs is 1. The van der Waals surface area contributed by atoms with E-state index in [1.54, 1.807) is 26.0 Å². The van der Waals surface area contributed by atoms with Crippen LogP contribution >= 0.6 is 0 Å². The Morgan fingerprint density at radius 2 is 1.53 bits per heavy atom. The zero-order valence-electron chi connectivity index (χ0n) is 10.5. The summed E-state index contributed by atoms with van der Waals surface area (Å²) in [7, 11) is 0. The second-order valence-corrected chi connectivity index (χ2v) is 4.42. The second-order valence-electron chi connectivity index (χ2n) is 4.42. The van der Waals surface area contributed by atoms with Gasteiger partial charge in [-0.1, -0.05) is 6.07 Å². The Labute approximate surface area is 109 Å². The summed E-state index contributed by atoms with van der Waals surface area (Å²) >= 11 is 0. The number of aryl methyl sites for hydroxylation is 1. The summed E-state index contributed by atoms with van der Waals surface area (Å²) in [5, 5.41) is 19.6. The molecule has 0 unspecified atom stereocenters. The van der Waals surface area contributed by atoms with E-state index >= 15 is 0 Å². The van der Waals surface area contributed by atoms with Crippen molar-refractivity contribution in [2.45, 2.75) is 13.8 Å². The van der Waals surface area contributed by atoms with Gasteiger partial charge in [0.1, 0.15) is 0 Å². The number of anilines is 1.